The molecule has 19 heavy (non-hydrogen) atoms. The Labute approximate surface area is 129 Å². The van der Waals surface area contributed by atoms with Crippen molar-refractivity contribution in [2.75, 3.05) is 11.1 Å². The molecule has 4 nitrogen and oxygen atoms in total. The molecule has 0 fully saturated rings. The van der Waals surface area contributed by atoms with Crippen LogP contribution in [-0.2, 0) is 6.42 Å². The number of nitrogens with one attached hydrogen (secondary N) is 1. The molecule has 1 aromatic heterocycles. The molecule has 0 unspecified atom stereocenters. The summed E-state index contributed by atoms with van der Waals surface area (Å²) in [5.74, 6) is 1.67. The number of aryl methyl sites for hydroxylation is 1. The number of nitrogens with zero attached hydrogens (tertiary/aromatic N) is 2. The van der Waals surface area contributed by atoms with Crippen LogP contribution in [-0.4, -0.2) is 9.97 Å². The van der Waals surface area contributed by atoms with E-state index in [0.717, 1.165) is 4.47 Å². The Kier molecular flexibility index (Phi) is 4.50. The predicted molar refractivity (Wildman–Crippen MR) is 83.3 cm³/mol. The number of hydrogen-bond donors (Lipinski definition) is 2. The fourth-order valence-corrected chi connectivity index (χ4v) is 2.32. The van der Waals surface area contributed by atoms with E-state index in [1.165, 1.54) is 0 Å². The lowest BCUT2D eigenvalue weighted by Gasteiger charge is -2.11. The predicted octanol–water partition coefficient (Wildman–Crippen LogP) is 4.43. The van der Waals surface area contributed by atoms with Gasteiger partial charge in [-0.3, -0.25) is 0 Å². The summed E-state index contributed by atoms with van der Waals surface area (Å²) in [5.41, 5.74) is 6.39. The average molecular weight is 362 g/mol. The number of halogens is 3. The third kappa shape index (κ3) is 3.29. The molecule has 0 aliphatic rings. The van der Waals surface area contributed by atoms with Crippen LogP contribution in [0, 0.1) is 0 Å². The van der Waals surface area contributed by atoms with E-state index in [2.05, 4.69) is 31.2 Å². The SMILES string of the molecule is CCc1nc(N)cc(Nc2ccc(Br)c(Cl)c2Cl)n1. The highest BCUT2D eigenvalue weighted by atomic mass is 79.9. The maximum Gasteiger partial charge on any atom is 0.136 e. The van der Waals surface area contributed by atoms with Crippen molar-refractivity contribution in [2.45, 2.75) is 13.3 Å². The summed E-state index contributed by atoms with van der Waals surface area (Å²) in [6.07, 6.45) is 0.703. The van der Waals surface area contributed by atoms with Crippen LogP contribution in [0.4, 0.5) is 17.3 Å². The van der Waals surface area contributed by atoms with Gasteiger partial charge in [0.15, 0.2) is 0 Å². The molecule has 0 spiro atoms. The minimum atomic E-state index is 0.411. The number of nitrogens with two attached hydrogens (primary N) is 1. The van der Waals surface area contributed by atoms with Crippen LogP contribution in [0.25, 0.3) is 0 Å². The highest BCUT2D eigenvalue weighted by Crippen LogP contribution is 2.36. The van der Waals surface area contributed by atoms with Gasteiger partial charge in [-0.25, -0.2) is 9.97 Å². The molecule has 2 aromatic rings. The van der Waals surface area contributed by atoms with Gasteiger partial charge in [0.2, 0.25) is 0 Å². The molecule has 0 saturated heterocycles. The van der Waals surface area contributed by atoms with E-state index in [1.54, 1.807) is 6.07 Å². The fraction of sp³-hybridized carbons (Fsp3) is 0.167. The molecule has 0 atom stereocenters. The van der Waals surface area contributed by atoms with Crippen LogP contribution in [0.1, 0.15) is 12.7 Å². The zero-order valence-corrected chi connectivity index (χ0v) is 13.1. The van der Waals surface area contributed by atoms with E-state index in [0.29, 0.717) is 39.6 Å². The summed E-state index contributed by atoms with van der Waals surface area (Å²) in [4.78, 5) is 8.43. The highest BCUT2D eigenvalue weighted by molar-refractivity contribution is 9.10. The maximum absolute atomic E-state index is 6.16. The van der Waals surface area contributed by atoms with Crippen LogP contribution in [0.3, 0.4) is 0 Å². The Morgan fingerprint density at radius 3 is 2.68 bits per heavy atom. The first kappa shape index (κ1) is 14.4. The third-order valence-corrected chi connectivity index (χ3v) is 4.18. The quantitative estimate of drug-likeness (QED) is 0.793. The first-order valence-electron chi connectivity index (χ1n) is 5.55. The molecule has 1 heterocycles. The van der Waals surface area contributed by atoms with Crippen LogP contribution in [0.5, 0.6) is 0 Å². The number of anilines is 3. The van der Waals surface area contributed by atoms with Crippen molar-refractivity contribution in [2.24, 2.45) is 0 Å². The maximum atomic E-state index is 6.16. The largest absolute Gasteiger partial charge is 0.384 e. The molecule has 0 bridgehead atoms. The normalized spacial score (nSPS) is 10.5. The fourth-order valence-electron chi connectivity index (χ4n) is 1.50. The molecule has 100 valence electrons. The van der Waals surface area contributed by atoms with E-state index < -0.39 is 0 Å². The van der Waals surface area contributed by atoms with Gasteiger partial charge in [0.25, 0.3) is 0 Å². The van der Waals surface area contributed by atoms with Gasteiger partial charge >= 0.3 is 0 Å². The van der Waals surface area contributed by atoms with Crippen LogP contribution in [0.2, 0.25) is 10.0 Å². The highest BCUT2D eigenvalue weighted by Gasteiger charge is 2.10. The van der Waals surface area contributed by atoms with Crippen LogP contribution in [0.15, 0.2) is 22.7 Å². The Hall–Kier alpha value is -1.04. The zero-order valence-electron chi connectivity index (χ0n) is 10.0. The molecule has 7 heteroatoms. The lowest BCUT2D eigenvalue weighted by atomic mass is 10.3. The zero-order chi connectivity index (χ0) is 14.0. The van der Waals surface area contributed by atoms with Crippen molar-refractivity contribution in [1.29, 1.82) is 0 Å². The summed E-state index contributed by atoms with van der Waals surface area (Å²) in [6, 6.07) is 5.26. The summed E-state index contributed by atoms with van der Waals surface area (Å²) >= 11 is 15.5. The van der Waals surface area contributed by atoms with Crippen molar-refractivity contribution >= 4 is 56.5 Å². The molecule has 0 radical (unpaired) electrons. The van der Waals surface area contributed by atoms with Gasteiger partial charge in [0.05, 0.1) is 15.7 Å². The number of benzene rings is 1. The second-order valence-corrected chi connectivity index (χ2v) is 5.41. The van der Waals surface area contributed by atoms with Gasteiger partial charge < -0.3 is 11.1 Å². The minimum Gasteiger partial charge on any atom is -0.384 e. The Balaban J connectivity index is 2.36. The lowest BCUT2D eigenvalue weighted by Crippen LogP contribution is -2.03. The Morgan fingerprint density at radius 1 is 1.26 bits per heavy atom. The number of nitrogen functional groups attached to an aromatic ring is 1. The lowest BCUT2D eigenvalue weighted by molar-refractivity contribution is 0.948. The standard InChI is InChI=1S/C12H11BrCl2N4/c1-2-9-18-8(16)5-10(19-9)17-7-4-3-6(13)11(14)12(7)15/h3-5H,2H2,1H3,(H3,16,17,18,19). The summed E-state index contributed by atoms with van der Waals surface area (Å²) in [6.45, 7) is 1.96. The van der Waals surface area contributed by atoms with Crippen molar-refractivity contribution < 1.29 is 0 Å². The molecule has 0 aliphatic carbocycles. The molecule has 2 rings (SSSR count). The summed E-state index contributed by atoms with van der Waals surface area (Å²) in [5, 5.41) is 3.96. The van der Waals surface area contributed by atoms with E-state index in [9.17, 15) is 0 Å². The first-order chi connectivity index (χ1) is 9.01. The molecule has 0 saturated carbocycles. The molecule has 0 amide bonds. The minimum absolute atomic E-state index is 0.411. The van der Waals surface area contributed by atoms with Gasteiger partial charge in [-0.1, -0.05) is 30.1 Å². The van der Waals surface area contributed by atoms with Crippen molar-refractivity contribution in [3.63, 3.8) is 0 Å². The van der Waals surface area contributed by atoms with Gasteiger partial charge in [0, 0.05) is 17.0 Å². The number of rotatable bonds is 3. The molecule has 3 N–H and O–H groups in total. The Morgan fingerprint density at radius 2 is 2.00 bits per heavy atom. The van der Waals surface area contributed by atoms with Crippen molar-refractivity contribution in [3.8, 4) is 0 Å². The molecule has 0 aliphatic heterocycles. The Bertz CT molecular complexity index is 619. The summed E-state index contributed by atoms with van der Waals surface area (Å²) in [7, 11) is 0. The second-order valence-electron chi connectivity index (χ2n) is 3.80. The van der Waals surface area contributed by atoms with Crippen molar-refractivity contribution in [3.05, 3.63) is 38.5 Å². The van der Waals surface area contributed by atoms with Crippen molar-refractivity contribution in [1.82, 2.24) is 9.97 Å². The van der Waals surface area contributed by atoms with E-state index in [-0.39, 0.29) is 0 Å². The van der Waals surface area contributed by atoms with Gasteiger partial charge in [-0.2, -0.15) is 0 Å². The second kappa shape index (κ2) is 5.94. The van der Waals surface area contributed by atoms with E-state index in [1.807, 2.05) is 19.1 Å². The van der Waals surface area contributed by atoms with Gasteiger partial charge in [-0.05, 0) is 28.1 Å². The molecular formula is C12H11BrCl2N4. The molecule has 1 aromatic carbocycles. The molecular weight excluding hydrogens is 351 g/mol. The smallest absolute Gasteiger partial charge is 0.136 e. The topological polar surface area (TPSA) is 63.8 Å². The summed E-state index contributed by atoms with van der Waals surface area (Å²) < 4.78 is 0.737. The first-order valence-corrected chi connectivity index (χ1v) is 7.10. The number of hydrogen-bond acceptors (Lipinski definition) is 4. The van der Waals surface area contributed by atoms with E-state index >= 15 is 0 Å². The number of aromatic nitrogens is 2. The van der Waals surface area contributed by atoms with E-state index in [4.69, 9.17) is 28.9 Å². The average Bonchev–Trinajstić information content (AvgIpc) is 2.39. The van der Waals surface area contributed by atoms with Gasteiger partial charge in [-0.15, -0.1) is 0 Å². The van der Waals surface area contributed by atoms with Gasteiger partial charge in [0.1, 0.15) is 17.5 Å². The monoisotopic (exact) mass is 360 g/mol. The third-order valence-electron chi connectivity index (χ3n) is 2.41. The van der Waals surface area contributed by atoms with Crippen LogP contribution < -0.4 is 11.1 Å². The van der Waals surface area contributed by atoms with Crippen LogP contribution >= 0.6 is 39.1 Å².